The van der Waals surface area contributed by atoms with E-state index in [1.807, 2.05) is 11.9 Å². The van der Waals surface area contributed by atoms with Gasteiger partial charge in [0.25, 0.3) is 0 Å². The smallest absolute Gasteiger partial charge is 0.123 e. The molecule has 0 unspecified atom stereocenters. The third-order valence-electron chi connectivity index (χ3n) is 3.58. The average molecular weight is 269 g/mol. The SMILES string of the molecule is CN(CC1(O)CCOCC1)c1ccc(F)cc1CO. The Bertz CT molecular complexity index is 433. The molecule has 1 fully saturated rings. The van der Waals surface area contributed by atoms with Gasteiger partial charge in [-0.15, -0.1) is 0 Å². The van der Waals surface area contributed by atoms with Crippen LogP contribution in [-0.4, -0.2) is 42.6 Å². The zero-order valence-electron chi connectivity index (χ0n) is 11.1. The molecule has 1 aliphatic rings. The Balaban J connectivity index is 2.12. The van der Waals surface area contributed by atoms with Crippen LogP contribution >= 0.6 is 0 Å². The van der Waals surface area contributed by atoms with Crippen molar-refractivity contribution >= 4 is 5.69 Å². The standard InChI is InChI=1S/C14H20FNO3/c1-16(10-14(18)4-6-19-7-5-14)13-3-2-12(15)8-11(13)9-17/h2-3,8,17-18H,4-7,9-10H2,1H3. The molecule has 1 aromatic carbocycles. The molecule has 0 bridgehead atoms. The minimum Gasteiger partial charge on any atom is -0.392 e. The molecule has 1 saturated heterocycles. The van der Waals surface area contributed by atoms with Crippen LogP contribution in [0.3, 0.4) is 0 Å². The largest absolute Gasteiger partial charge is 0.392 e. The zero-order valence-corrected chi connectivity index (χ0v) is 11.1. The van der Waals surface area contributed by atoms with Crippen molar-refractivity contribution in [1.82, 2.24) is 0 Å². The fourth-order valence-corrected chi connectivity index (χ4v) is 2.49. The number of nitrogens with zero attached hydrogens (tertiary/aromatic N) is 1. The van der Waals surface area contributed by atoms with Crippen LogP contribution in [0.4, 0.5) is 10.1 Å². The molecule has 0 radical (unpaired) electrons. The lowest BCUT2D eigenvalue weighted by Crippen LogP contribution is -2.46. The summed E-state index contributed by atoms with van der Waals surface area (Å²) in [4.78, 5) is 1.86. The van der Waals surface area contributed by atoms with Gasteiger partial charge in [-0.3, -0.25) is 0 Å². The van der Waals surface area contributed by atoms with Crippen molar-refractivity contribution < 1.29 is 19.3 Å². The van der Waals surface area contributed by atoms with Crippen LogP contribution in [0.15, 0.2) is 18.2 Å². The van der Waals surface area contributed by atoms with Gasteiger partial charge in [0.05, 0.1) is 12.2 Å². The van der Waals surface area contributed by atoms with E-state index in [-0.39, 0.29) is 12.4 Å². The van der Waals surface area contributed by atoms with Crippen molar-refractivity contribution in [1.29, 1.82) is 0 Å². The van der Waals surface area contributed by atoms with Crippen LogP contribution in [-0.2, 0) is 11.3 Å². The summed E-state index contributed by atoms with van der Waals surface area (Å²) in [6.45, 7) is 1.33. The lowest BCUT2D eigenvalue weighted by atomic mass is 9.93. The molecule has 0 aliphatic carbocycles. The van der Waals surface area contributed by atoms with E-state index in [9.17, 15) is 14.6 Å². The van der Waals surface area contributed by atoms with E-state index in [1.54, 1.807) is 6.07 Å². The zero-order chi connectivity index (χ0) is 13.9. The number of benzene rings is 1. The van der Waals surface area contributed by atoms with E-state index in [2.05, 4.69) is 0 Å². The number of hydrogen-bond acceptors (Lipinski definition) is 4. The van der Waals surface area contributed by atoms with E-state index < -0.39 is 5.60 Å². The second-order valence-electron chi connectivity index (χ2n) is 5.12. The van der Waals surface area contributed by atoms with Crippen molar-refractivity contribution in [2.24, 2.45) is 0 Å². The highest BCUT2D eigenvalue weighted by molar-refractivity contribution is 5.53. The van der Waals surface area contributed by atoms with E-state index in [1.165, 1.54) is 12.1 Å². The molecule has 0 aromatic heterocycles. The van der Waals surface area contributed by atoms with Crippen molar-refractivity contribution in [3.63, 3.8) is 0 Å². The number of likely N-dealkylation sites (N-methyl/N-ethyl adjacent to an activating group) is 1. The van der Waals surface area contributed by atoms with Crippen LogP contribution < -0.4 is 4.90 Å². The quantitative estimate of drug-likeness (QED) is 0.865. The fraction of sp³-hybridized carbons (Fsp3) is 0.571. The van der Waals surface area contributed by atoms with Gasteiger partial charge in [-0.2, -0.15) is 0 Å². The molecule has 106 valence electrons. The molecule has 0 atom stereocenters. The normalized spacial score (nSPS) is 18.3. The van der Waals surface area contributed by atoms with Crippen LogP contribution in [0.2, 0.25) is 0 Å². The maximum Gasteiger partial charge on any atom is 0.123 e. The lowest BCUT2D eigenvalue weighted by molar-refractivity contribution is -0.0572. The summed E-state index contributed by atoms with van der Waals surface area (Å²) in [5.74, 6) is -0.369. The minimum absolute atomic E-state index is 0.223. The van der Waals surface area contributed by atoms with Gasteiger partial charge in [0.1, 0.15) is 5.82 Å². The maximum absolute atomic E-state index is 13.1. The van der Waals surface area contributed by atoms with E-state index in [0.717, 1.165) is 5.69 Å². The topological polar surface area (TPSA) is 52.9 Å². The van der Waals surface area contributed by atoms with Gasteiger partial charge in [-0.25, -0.2) is 4.39 Å². The van der Waals surface area contributed by atoms with Crippen molar-refractivity contribution in [2.75, 3.05) is 31.7 Å². The van der Waals surface area contributed by atoms with Crippen LogP contribution in [0, 0.1) is 5.82 Å². The highest BCUT2D eigenvalue weighted by Crippen LogP contribution is 2.26. The van der Waals surface area contributed by atoms with Crippen LogP contribution in [0.1, 0.15) is 18.4 Å². The first-order valence-electron chi connectivity index (χ1n) is 6.45. The number of hydrogen-bond donors (Lipinski definition) is 2. The van der Waals surface area contributed by atoms with Crippen molar-refractivity contribution in [3.05, 3.63) is 29.6 Å². The van der Waals surface area contributed by atoms with Gasteiger partial charge in [0.15, 0.2) is 0 Å². The Hall–Kier alpha value is -1.17. The maximum atomic E-state index is 13.1. The van der Waals surface area contributed by atoms with Crippen LogP contribution in [0.25, 0.3) is 0 Å². The lowest BCUT2D eigenvalue weighted by Gasteiger charge is -2.36. The van der Waals surface area contributed by atoms with Crippen LogP contribution in [0.5, 0.6) is 0 Å². The van der Waals surface area contributed by atoms with Gasteiger partial charge in [-0.1, -0.05) is 0 Å². The van der Waals surface area contributed by atoms with Gasteiger partial charge < -0.3 is 19.8 Å². The van der Waals surface area contributed by atoms with Gasteiger partial charge in [0, 0.05) is 50.9 Å². The molecule has 1 aliphatic heterocycles. The second-order valence-corrected chi connectivity index (χ2v) is 5.12. The van der Waals surface area contributed by atoms with E-state index in [0.29, 0.717) is 38.2 Å². The van der Waals surface area contributed by atoms with Gasteiger partial charge >= 0.3 is 0 Å². The number of rotatable bonds is 4. The molecular weight excluding hydrogens is 249 g/mol. The van der Waals surface area contributed by atoms with E-state index in [4.69, 9.17) is 4.74 Å². The monoisotopic (exact) mass is 269 g/mol. The van der Waals surface area contributed by atoms with E-state index >= 15 is 0 Å². The highest BCUT2D eigenvalue weighted by Gasteiger charge is 2.31. The molecule has 0 saturated carbocycles. The Morgan fingerprint density at radius 1 is 1.37 bits per heavy atom. The summed E-state index contributed by atoms with van der Waals surface area (Å²) in [7, 11) is 1.83. The molecule has 5 heteroatoms. The second kappa shape index (κ2) is 5.86. The summed E-state index contributed by atoms with van der Waals surface area (Å²) >= 11 is 0. The number of aliphatic hydroxyl groups excluding tert-OH is 1. The number of aliphatic hydroxyl groups is 2. The first-order chi connectivity index (χ1) is 9.04. The molecule has 1 heterocycles. The average Bonchev–Trinajstić information content (AvgIpc) is 2.38. The molecule has 19 heavy (non-hydrogen) atoms. The van der Waals surface area contributed by atoms with Crippen molar-refractivity contribution in [2.45, 2.75) is 25.0 Å². The molecule has 0 spiro atoms. The predicted octanol–water partition coefficient (Wildman–Crippen LogP) is 1.30. The minimum atomic E-state index is -0.784. The fourth-order valence-electron chi connectivity index (χ4n) is 2.49. The summed E-state index contributed by atoms with van der Waals surface area (Å²) < 4.78 is 18.4. The third-order valence-corrected chi connectivity index (χ3v) is 3.58. The molecule has 1 aromatic rings. The number of anilines is 1. The summed E-state index contributed by atoms with van der Waals surface area (Å²) in [6.07, 6.45) is 1.18. The summed E-state index contributed by atoms with van der Waals surface area (Å²) in [6, 6.07) is 4.31. The Morgan fingerprint density at radius 2 is 2.05 bits per heavy atom. The predicted molar refractivity (Wildman–Crippen MR) is 70.6 cm³/mol. The molecule has 0 amide bonds. The number of ether oxygens (including phenoxy) is 1. The Morgan fingerprint density at radius 3 is 2.68 bits per heavy atom. The third kappa shape index (κ3) is 3.43. The molecular formula is C14H20FNO3. The summed E-state index contributed by atoms with van der Waals surface area (Å²) in [5.41, 5.74) is 0.482. The highest BCUT2D eigenvalue weighted by atomic mass is 19.1. The molecule has 2 N–H and O–H groups in total. The first kappa shape index (κ1) is 14.2. The summed E-state index contributed by atoms with van der Waals surface area (Å²) in [5, 5.41) is 19.7. The molecule has 4 nitrogen and oxygen atoms in total. The Kier molecular flexibility index (Phi) is 4.39. The van der Waals surface area contributed by atoms with Gasteiger partial charge in [0.2, 0.25) is 0 Å². The molecule has 2 rings (SSSR count). The van der Waals surface area contributed by atoms with Gasteiger partial charge in [-0.05, 0) is 18.2 Å². The number of halogens is 1. The first-order valence-corrected chi connectivity index (χ1v) is 6.45. The van der Waals surface area contributed by atoms with Crippen molar-refractivity contribution in [3.8, 4) is 0 Å². The Labute approximate surface area is 112 Å².